The molecule has 4 nitrogen and oxygen atoms in total. The molecule has 0 aliphatic rings. The van der Waals surface area contributed by atoms with Gasteiger partial charge in [0.15, 0.2) is 0 Å². The van der Waals surface area contributed by atoms with Crippen LogP contribution in [0.15, 0.2) is 12.4 Å². The summed E-state index contributed by atoms with van der Waals surface area (Å²) in [6.07, 6.45) is 3.40. The number of H-pyrrole nitrogens is 1. The van der Waals surface area contributed by atoms with Crippen molar-refractivity contribution in [2.45, 2.75) is 45.8 Å². The van der Waals surface area contributed by atoms with Crippen LogP contribution >= 0.6 is 0 Å². The molecule has 0 aromatic carbocycles. The highest BCUT2D eigenvalue weighted by molar-refractivity contribution is 6.46. The van der Waals surface area contributed by atoms with Gasteiger partial charge in [-0.3, -0.25) is 5.10 Å². The molecule has 0 amide bonds. The summed E-state index contributed by atoms with van der Waals surface area (Å²) in [5.41, 5.74) is -0.696. The monoisotopic (exact) mass is 223 g/mol. The maximum absolute atomic E-state index is 10.4. The molecular weight excluding hydrogens is 203 g/mol. The van der Waals surface area contributed by atoms with Crippen molar-refractivity contribution in [3.8, 4) is 0 Å². The van der Waals surface area contributed by atoms with Crippen LogP contribution in [0.4, 0.5) is 0 Å². The first-order valence-electron chi connectivity index (χ1n) is 5.49. The number of aromatic amines is 1. The zero-order chi connectivity index (χ0) is 12.4. The third-order valence-electron chi connectivity index (χ3n) is 3.35. The van der Waals surface area contributed by atoms with Gasteiger partial charge in [0.05, 0.1) is 11.2 Å². The molecule has 1 aromatic heterocycles. The van der Waals surface area contributed by atoms with E-state index in [0.29, 0.717) is 0 Å². The molecule has 0 aliphatic heterocycles. The van der Waals surface area contributed by atoms with Gasteiger partial charge in [-0.15, -0.1) is 0 Å². The van der Waals surface area contributed by atoms with E-state index >= 15 is 0 Å². The molecule has 1 radical (unpaired) electrons. The van der Waals surface area contributed by atoms with Gasteiger partial charge in [0.25, 0.3) is 0 Å². The minimum absolute atomic E-state index is 0.111. The number of hydrogen-bond acceptors (Lipinski definition) is 3. The Balaban J connectivity index is 2.64. The van der Waals surface area contributed by atoms with E-state index in [9.17, 15) is 5.11 Å². The standard InChI is InChI=1S/C11H20BN2O2/c1-8(2)11(5,15)10(3,4)16-12-9-6-13-14-7-9/h6-8,15H,1-5H3,(H,13,14). The first kappa shape index (κ1) is 13.3. The molecule has 89 valence electrons. The van der Waals surface area contributed by atoms with E-state index in [0.717, 1.165) is 5.46 Å². The molecule has 0 saturated carbocycles. The van der Waals surface area contributed by atoms with Gasteiger partial charge >= 0.3 is 7.48 Å². The Kier molecular flexibility index (Phi) is 3.81. The minimum atomic E-state index is -0.896. The third kappa shape index (κ3) is 2.65. The fourth-order valence-electron chi connectivity index (χ4n) is 1.36. The summed E-state index contributed by atoms with van der Waals surface area (Å²) in [6.45, 7) is 9.50. The van der Waals surface area contributed by atoms with Crippen LogP contribution in [0.2, 0.25) is 0 Å². The van der Waals surface area contributed by atoms with Crippen molar-refractivity contribution in [1.82, 2.24) is 10.2 Å². The van der Waals surface area contributed by atoms with Crippen LogP contribution in [0.1, 0.15) is 34.6 Å². The Morgan fingerprint density at radius 2 is 2.06 bits per heavy atom. The maximum Gasteiger partial charge on any atom is 0.334 e. The predicted molar refractivity (Wildman–Crippen MR) is 64.6 cm³/mol. The maximum atomic E-state index is 10.4. The topological polar surface area (TPSA) is 58.1 Å². The second-order valence-electron chi connectivity index (χ2n) is 5.08. The molecule has 0 spiro atoms. The van der Waals surface area contributed by atoms with Gasteiger partial charge in [0.2, 0.25) is 0 Å². The lowest BCUT2D eigenvalue weighted by Crippen LogP contribution is -2.54. The van der Waals surface area contributed by atoms with Crippen molar-refractivity contribution in [2.75, 3.05) is 0 Å². The molecule has 1 atom stereocenters. The summed E-state index contributed by atoms with van der Waals surface area (Å²) in [4.78, 5) is 0. The van der Waals surface area contributed by atoms with Crippen LogP contribution in [0, 0.1) is 5.92 Å². The van der Waals surface area contributed by atoms with Crippen LogP contribution in [-0.4, -0.2) is 34.0 Å². The minimum Gasteiger partial charge on any atom is -0.426 e. The van der Waals surface area contributed by atoms with E-state index in [4.69, 9.17) is 4.65 Å². The van der Waals surface area contributed by atoms with E-state index in [1.54, 1.807) is 26.8 Å². The summed E-state index contributed by atoms with van der Waals surface area (Å²) in [5, 5.41) is 16.9. The largest absolute Gasteiger partial charge is 0.426 e. The normalized spacial score (nSPS) is 16.2. The number of hydrogen-bond donors (Lipinski definition) is 2. The van der Waals surface area contributed by atoms with Crippen molar-refractivity contribution >= 4 is 12.9 Å². The van der Waals surface area contributed by atoms with Crippen LogP contribution < -0.4 is 5.46 Å². The van der Waals surface area contributed by atoms with E-state index in [2.05, 4.69) is 10.2 Å². The van der Waals surface area contributed by atoms with Crippen LogP contribution in [0.25, 0.3) is 0 Å². The van der Waals surface area contributed by atoms with E-state index in [1.807, 2.05) is 27.7 Å². The molecule has 2 N–H and O–H groups in total. The average Bonchev–Trinajstić information content (AvgIpc) is 2.66. The molecule has 1 aromatic rings. The Morgan fingerprint density at radius 3 is 2.50 bits per heavy atom. The Labute approximate surface area is 97.7 Å². The summed E-state index contributed by atoms with van der Waals surface area (Å²) >= 11 is 0. The van der Waals surface area contributed by atoms with Gasteiger partial charge in [-0.05, 0) is 32.2 Å². The quantitative estimate of drug-likeness (QED) is 0.727. The summed E-state index contributed by atoms with van der Waals surface area (Å²) in [5.74, 6) is 0.111. The van der Waals surface area contributed by atoms with Crippen molar-refractivity contribution in [3.05, 3.63) is 12.4 Å². The molecule has 0 fully saturated rings. The first-order chi connectivity index (χ1) is 7.27. The van der Waals surface area contributed by atoms with Crippen molar-refractivity contribution in [1.29, 1.82) is 0 Å². The van der Waals surface area contributed by atoms with Gasteiger partial charge < -0.3 is 9.76 Å². The number of aromatic nitrogens is 2. The predicted octanol–water partition coefficient (Wildman–Crippen LogP) is 0.856. The Hall–Kier alpha value is -0.805. The zero-order valence-corrected chi connectivity index (χ0v) is 10.6. The molecule has 16 heavy (non-hydrogen) atoms. The van der Waals surface area contributed by atoms with Crippen molar-refractivity contribution in [2.24, 2.45) is 5.92 Å². The van der Waals surface area contributed by atoms with Crippen LogP contribution in [0.3, 0.4) is 0 Å². The van der Waals surface area contributed by atoms with Gasteiger partial charge in [-0.2, -0.15) is 5.10 Å². The highest BCUT2D eigenvalue weighted by Crippen LogP contribution is 2.31. The molecule has 0 saturated heterocycles. The lowest BCUT2D eigenvalue weighted by atomic mass is 9.76. The smallest absolute Gasteiger partial charge is 0.334 e. The number of nitrogens with one attached hydrogen (secondary N) is 1. The molecule has 0 aliphatic carbocycles. The lowest BCUT2D eigenvalue weighted by Gasteiger charge is -2.43. The summed E-state index contributed by atoms with van der Waals surface area (Å²) < 4.78 is 5.66. The summed E-state index contributed by atoms with van der Waals surface area (Å²) in [7, 11) is 1.61. The SMILES string of the molecule is CC(C)C(C)(O)C(C)(C)O[B]c1cn[nH]c1. The average molecular weight is 223 g/mol. The zero-order valence-electron chi connectivity index (χ0n) is 10.6. The Morgan fingerprint density at radius 1 is 1.44 bits per heavy atom. The molecule has 1 rings (SSSR count). The van der Waals surface area contributed by atoms with Crippen molar-refractivity contribution in [3.63, 3.8) is 0 Å². The summed E-state index contributed by atoms with van der Waals surface area (Å²) in [6, 6.07) is 0. The molecule has 1 unspecified atom stereocenters. The van der Waals surface area contributed by atoms with Gasteiger partial charge in [0.1, 0.15) is 0 Å². The second-order valence-corrected chi connectivity index (χ2v) is 5.08. The second kappa shape index (κ2) is 4.59. The molecule has 5 heteroatoms. The first-order valence-corrected chi connectivity index (χ1v) is 5.49. The fourth-order valence-corrected chi connectivity index (χ4v) is 1.36. The fraction of sp³-hybridized carbons (Fsp3) is 0.727. The van der Waals surface area contributed by atoms with Crippen LogP contribution in [0.5, 0.6) is 0 Å². The van der Waals surface area contributed by atoms with Gasteiger partial charge in [-0.1, -0.05) is 13.8 Å². The van der Waals surface area contributed by atoms with E-state index in [1.165, 1.54) is 0 Å². The highest BCUT2D eigenvalue weighted by Gasteiger charge is 2.42. The van der Waals surface area contributed by atoms with Crippen LogP contribution in [-0.2, 0) is 4.65 Å². The number of aliphatic hydroxyl groups is 1. The molecule has 0 bridgehead atoms. The molecular formula is C11H20BN2O2. The number of nitrogens with zero attached hydrogens (tertiary/aromatic N) is 1. The highest BCUT2D eigenvalue weighted by atomic mass is 16.5. The molecule has 1 heterocycles. The van der Waals surface area contributed by atoms with Gasteiger partial charge in [-0.25, -0.2) is 0 Å². The lowest BCUT2D eigenvalue weighted by molar-refractivity contribution is -0.129. The van der Waals surface area contributed by atoms with E-state index in [-0.39, 0.29) is 5.92 Å². The Bertz CT molecular complexity index is 321. The van der Waals surface area contributed by atoms with Gasteiger partial charge in [0, 0.05) is 12.4 Å². The third-order valence-corrected chi connectivity index (χ3v) is 3.35. The number of rotatable bonds is 5. The van der Waals surface area contributed by atoms with E-state index < -0.39 is 11.2 Å². The van der Waals surface area contributed by atoms with Crippen molar-refractivity contribution < 1.29 is 9.76 Å².